The number of methoxy groups -OCH3 is 1. The highest BCUT2D eigenvalue weighted by Gasteiger charge is 2.31. The van der Waals surface area contributed by atoms with Crippen LogP contribution in [0.1, 0.15) is 47.5 Å². The molecule has 1 saturated heterocycles. The van der Waals surface area contributed by atoms with Gasteiger partial charge in [0.2, 0.25) is 0 Å². The topological polar surface area (TPSA) is 24.5 Å². The van der Waals surface area contributed by atoms with Crippen molar-refractivity contribution >= 4 is 0 Å². The van der Waals surface area contributed by atoms with E-state index in [1.807, 2.05) is 7.11 Å². The molecule has 18 heavy (non-hydrogen) atoms. The Bertz CT molecular complexity index is 243. The lowest BCUT2D eigenvalue weighted by Crippen LogP contribution is -2.49. The lowest BCUT2D eigenvalue weighted by molar-refractivity contribution is -0.0146. The van der Waals surface area contributed by atoms with Crippen LogP contribution in [0.4, 0.5) is 0 Å². The van der Waals surface area contributed by atoms with Crippen LogP contribution in [-0.4, -0.2) is 49.3 Å². The van der Waals surface area contributed by atoms with Crippen LogP contribution in [0.3, 0.4) is 0 Å². The highest BCUT2D eigenvalue weighted by Crippen LogP contribution is 2.24. The van der Waals surface area contributed by atoms with Crippen molar-refractivity contribution in [3.05, 3.63) is 0 Å². The molecule has 0 aromatic heterocycles. The minimum absolute atomic E-state index is 0.0927. The van der Waals surface area contributed by atoms with Crippen LogP contribution >= 0.6 is 0 Å². The zero-order valence-corrected chi connectivity index (χ0v) is 13.1. The third-order valence-electron chi connectivity index (χ3n) is 4.43. The van der Waals surface area contributed by atoms with Gasteiger partial charge in [-0.3, -0.25) is 0 Å². The molecule has 1 aliphatic rings. The van der Waals surface area contributed by atoms with Crippen molar-refractivity contribution in [2.24, 2.45) is 5.92 Å². The summed E-state index contributed by atoms with van der Waals surface area (Å²) in [6.07, 6.45) is 2.51. The van der Waals surface area contributed by atoms with Crippen molar-refractivity contribution in [2.45, 2.75) is 65.1 Å². The van der Waals surface area contributed by atoms with Crippen molar-refractivity contribution in [3.63, 3.8) is 0 Å². The third kappa shape index (κ3) is 4.22. The molecular weight excluding hydrogens is 224 g/mol. The summed E-state index contributed by atoms with van der Waals surface area (Å²) in [5.74, 6) is 0.855. The SMILES string of the molecule is CCNC(CCN1CC(C)CC1C)C(C)(C)OC. The maximum absolute atomic E-state index is 5.63. The predicted octanol–water partition coefficient (Wildman–Crippen LogP) is 2.51. The van der Waals surface area contributed by atoms with Gasteiger partial charge in [0.25, 0.3) is 0 Å². The average Bonchev–Trinajstić information content (AvgIpc) is 2.63. The maximum Gasteiger partial charge on any atom is 0.0775 e. The molecule has 0 aromatic rings. The second kappa shape index (κ2) is 6.88. The van der Waals surface area contributed by atoms with Crippen LogP contribution < -0.4 is 5.32 Å². The van der Waals surface area contributed by atoms with E-state index in [1.54, 1.807) is 0 Å². The second-order valence-corrected chi connectivity index (χ2v) is 6.39. The van der Waals surface area contributed by atoms with Gasteiger partial charge in [0.05, 0.1) is 5.60 Å². The fraction of sp³-hybridized carbons (Fsp3) is 1.00. The first-order chi connectivity index (χ1) is 8.40. The Hall–Kier alpha value is -0.120. The number of hydrogen-bond donors (Lipinski definition) is 1. The molecule has 3 nitrogen and oxygen atoms in total. The fourth-order valence-corrected chi connectivity index (χ4v) is 3.08. The summed E-state index contributed by atoms with van der Waals surface area (Å²) in [7, 11) is 1.81. The molecule has 0 amide bonds. The Morgan fingerprint density at radius 2 is 2.06 bits per heavy atom. The number of nitrogens with zero attached hydrogens (tertiary/aromatic N) is 1. The zero-order chi connectivity index (χ0) is 13.8. The lowest BCUT2D eigenvalue weighted by Gasteiger charge is -2.35. The van der Waals surface area contributed by atoms with E-state index >= 15 is 0 Å². The van der Waals surface area contributed by atoms with Gasteiger partial charge in [-0.05, 0) is 46.1 Å². The van der Waals surface area contributed by atoms with E-state index in [0.29, 0.717) is 6.04 Å². The van der Waals surface area contributed by atoms with Gasteiger partial charge in [0, 0.05) is 32.3 Å². The summed E-state index contributed by atoms with van der Waals surface area (Å²) in [6.45, 7) is 14.7. The van der Waals surface area contributed by atoms with Crippen molar-refractivity contribution in [1.29, 1.82) is 0 Å². The van der Waals surface area contributed by atoms with Gasteiger partial charge in [-0.15, -0.1) is 0 Å². The monoisotopic (exact) mass is 256 g/mol. The fourth-order valence-electron chi connectivity index (χ4n) is 3.08. The average molecular weight is 256 g/mol. The van der Waals surface area contributed by atoms with E-state index in [4.69, 9.17) is 4.74 Å². The molecule has 3 heteroatoms. The molecule has 3 unspecified atom stereocenters. The molecule has 1 rings (SSSR count). The standard InChI is InChI=1S/C15H32N2O/c1-7-16-14(15(4,5)18-6)8-9-17-11-12(2)10-13(17)3/h12-14,16H,7-11H2,1-6H3. The van der Waals surface area contributed by atoms with Gasteiger partial charge < -0.3 is 15.0 Å². The summed E-state index contributed by atoms with van der Waals surface area (Å²) < 4.78 is 5.63. The first-order valence-electron chi connectivity index (χ1n) is 7.43. The molecule has 1 aliphatic heterocycles. The van der Waals surface area contributed by atoms with E-state index in [2.05, 4.69) is 44.8 Å². The van der Waals surface area contributed by atoms with Crippen LogP contribution in [0.5, 0.6) is 0 Å². The van der Waals surface area contributed by atoms with Crippen LogP contribution in [0.25, 0.3) is 0 Å². The summed E-state index contributed by atoms with van der Waals surface area (Å²) in [4.78, 5) is 2.63. The Morgan fingerprint density at radius 3 is 2.50 bits per heavy atom. The Labute approximate surface area is 113 Å². The smallest absolute Gasteiger partial charge is 0.0775 e. The first kappa shape index (κ1) is 15.9. The third-order valence-corrected chi connectivity index (χ3v) is 4.43. The van der Waals surface area contributed by atoms with Gasteiger partial charge >= 0.3 is 0 Å². The van der Waals surface area contributed by atoms with Crippen LogP contribution in [0.2, 0.25) is 0 Å². The largest absolute Gasteiger partial charge is 0.377 e. The number of nitrogens with one attached hydrogen (secondary N) is 1. The van der Waals surface area contributed by atoms with E-state index in [-0.39, 0.29) is 5.60 Å². The molecule has 1 fully saturated rings. The highest BCUT2D eigenvalue weighted by molar-refractivity contribution is 4.88. The normalized spacial score (nSPS) is 27.7. The first-order valence-corrected chi connectivity index (χ1v) is 7.43. The van der Waals surface area contributed by atoms with Crippen molar-refractivity contribution in [3.8, 4) is 0 Å². The van der Waals surface area contributed by atoms with Gasteiger partial charge in [0.1, 0.15) is 0 Å². The Kier molecular flexibility index (Phi) is 6.09. The molecule has 0 bridgehead atoms. The van der Waals surface area contributed by atoms with E-state index in [0.717, 1.165) is 24.9 Å². The van der Waals surface area contributed by atoms with Crippen molar-refractivity contribution < 1.29 is 4.74 Å². The van der Waals surface area contributed by atoms with Crippen molar-refractivity contribution in [2.75, 3.05) is 26.7 Å². The molecule has 0 aliphatic carbocycles. The summed E-state index contributed by atoms with van der Waals surface area (Å²) in [5.41, 5.74) is -0.0927. The molecule has 1 N–H and O–H groups in total. The molecule has 0 saturated carbocycles. The number of likely N-dealkylation sites (tertiary alicyclic amines) is 1. The quantitative estimate of drug-likeness (QED) is 0.757. The van der Waals surface area contributed by atoms with E-state index in [9.17, 15) is 0 Å². The van der Waals surface area contributed by atoms with Crippen LogP contribution in [-0.2, 0) is 4.74 Å². The number of likely N-dealkylation sites (N-methyl/N-ethyl adjacent to an activating group) is 1. The van der Waals surface area contributed by atoms with Gasteiger partial charge in [0.15, 0.2) is 0 Å². The zero-order valence-electron chi connectivity index (χ0n) is 13.1. The lowest BCUT2D eigenvalue weighted by atomic mass is 9.95. The Morgan fingerprint density at radius 1 is 1.39 bits per heavy atom. The maximum atomic E-state index is 5.63. The number of ether oxygens (including phenoxy) is 1. The highest BCUT2D eigenvalue weighted by atomic mass is 16.5. The van der Waals surface area contributed by atoms with Crippen LogP contribution in [0, 0.1) is 5.92 Å². The van der Waals surface area contributed by atoms with E-state index in [1.165, 1.54) is 19.5 Å². The van der Waals surface area contributed by atoms with Gasteiger partial charge in [-0.1, -0.05) is 13.8 Å². The molecule has 1 heterocycles. The Balaban J connectivity index is 2.47. The van der Waals surface area contributed by atoms with Gasteiger partial charge in [-0.25, -0.2) is 0 Å². The molecule has 0 spiro atoms. The molecule has 108 valence electrons. The molecule has 0 aromatic carbocycles. The minimum Gasteiger partial charge on any atom is -0.377 e. The van der Waals surface area contributed by atoms with Crippen molar-refractivity contribution in [1.82, 2.24) is 10.2 Å². The number of rotatable bonds is 7. The summed E-state index contributed by atoms with van der Waals surface area (Å²) >= 11 is 0. The van der Waals surface area contributed by atoms with E-state index < -0.39 is 0 Å². The van der Waals surface area contributed by atoms with Crippen LogP contribution in [0.15, 0.2) is 0 Å². The number of hydrogen-bond acceptors (Lipinski definition) is 3. The van der Waals surface area contributed by atoms with Gasteiger partial charge in [-0.2, -0.15) is 0 Å². The minimum atomic E-state index is -0.0927. The summed E-state index contributed by atoms with van der Waals surface area (Å²) in [6, 6.07) is 1.17. The summed E-state index contributed by atoms with van der Waals surface area (Å²) in [5, 5.41) is 3.57. The molecule has 3 atom stereocenters. The molecular formula is C15H32N2O. The second-order valence-electron chi connectivity index (χ2n) is 6.39. The molecule has 0 radical (unpaired) electrons. The predicted molar refractivity (Wildman–Crippen MR) is 78.0 cm³/mol.